The third-order valence-corrected chi connectivity index (χ3v) is 5.20. The van der Waals surface area contributed by atoms with Crippen LogP contribution in [-0.2, 0) is 10.5 Å². The molecular weight excluding hydrogens is 366 g/mol. The van der Waals surface area contributed by atoms with Crippen LogP contribution >= 0.6 is 23.4 Å². The first kappa shape index (κ1) is 18.5. The average Bonchev–Trinajstić information content (AvgIpc) is 3.16. The maximum atomic E-state index is 12.2. The van der Waals surface area contributed by atoms with E-state index in [1.807, 2.05) is 66.2 Å². The largest absolute Gasteiger partial charge is 0.349 e. The van der Waals surface area contributed by atoms with E-state index in [4.69, 9.17) is 11.6 Å². The minimum absolute atomic E-state index is 0.0308. The summed E-state index contributed by atoms with van der Waals surface area (Å²) in [6, 6.07) is 15.8. The normalized spacial score (nSPS) is 11.9. The molecule has 0 spiro atoms. The summed E-state index contributed by atoms with van der Waals surface area (Å²) in [6.07, 6.45) is 5.41. The second-order valence-corrected chi connectivity index (χ2v) is 7.40. The van der Waals surface area contributed by atoms with Crippen LogP contribution in [0.15, 0.2) is 67.3 Å². The maximum Gasteiger partial charge on any atom is 0.230 e. The maximum absolute atomic E-state index is 12.2. The Morgan fingerprint density at radius 3 is 2.77 bits per heavy atom. The molecule has 0 radical (unpaired) electrons. The van der Waals surface area contributed by atoms with E-state index in [0.717, 1.165) is 27.6 Å². The van der Waals surface area contributed by atoms with Crippen LogP contribution in [-0.4, -0.2) is 21.2 Å². The summed E-state index contributed by atoms with van der Waals surface area (Å²) in [6.45, 7) is 1.99. The fourth-order valence-electron chi connectivity index (χ4n) is 2.60. The summed E-state index contributed by atoms with van der Waals surface area (Å²) < 4.78 is 1.94. The topological polar surface area (TPSA) is 46.9 Å². The number of imidazole rings is 1. The molecule has 1 heterocycles. The molecule has 0 saturated heterocycles. The summed E-state index contributed by atoms with van der Waals surface area (Å²) in [4.78, 5) is 16.2. The van der Waals surface area contributed by atoms with Crippen LogP contribution in [0.5, 0.6) is 0 Å². The zero-order chi connectivity index (χ0) is 18.4. The first-order chi connectivity index (χ1) is 12.6. The molecule has 134 valence electrons. The van der Waals surface area contributed by atoms with Crippen molar-refractivity contribution >= 4 is 29.3 Å². The molecule has 3 aromatic rings. The average molecular weight is 386 g/mol. The van der Waals surface area contributed by atoms with E-state index in [0.29, 0.717) is 5.75 Å². The molecule has 1 amide bonds. The lowest BCUT2D eigenvalue weighted by molar-refractivity contribution is -0.119. The number of nitrogens with one attached hydrogen (secondary N) is 1. The van der Waals surface area contributed by atoms with Gasteiger partial charge in [0, 0.05) is 28.9 Å². The van der Waals surface area contributed by atoms with Gasteiger partial charge in [-0.05, 0) is 42.3 Å². The predicted octanol–water partition coefficient (Wildman–Crippen LogP) is 4.64. The highest BCUT2D eigenvalue weighted by Gasteiger charge is 2.10. The van der Waals surface area contributed by atoms with Gasteiger partial charge in [0.25, 0.3) is 0 Å². The monoisotopic (exact) mass is 385 g/mol. The second-order valence-electron chi connectivity index (χ2n) is 5.97. The van der Waals surface area contributed by atoms with Gasteiger partial charge in [0.2, 0.25) is 5.91 Å². The molecule has 1 unspecified atom stereocenters. The van der Waals surface area contributed by atoms with Crippen LogP contribution in [0.25, 0.3) is 5.69 Å². The van der Waals surface area contributed by atoms with E-state index >= 15 is 0 Å². The van der Waals surface area contributed by atoms with Crippen LogP contribution in [0.1, 0.15) is 24.1 Å². The summed E-state index contributed by atoms with van der Waals surface area (Å²) in [5.41, 5.74) is 3.24. The van der Waals surface area contributed by atoms with E-state index in [1.54, 1.807) is 24.3 Å². The number of hydrogen-bond acceptors (Lipinski definition) is 3. The van der Waals surface area contributed by atoms with Gasteiger partial charge >= 0.3 is 0 Å². The Morgan fingerprint density at radius 2 is 2.08 bits per heavy atom. The molecule has 0 aliphatic carbocycles. The quantitative estimate of drug-likeness (QED) is 0.644. The van der Waals surface area contributed by atoms with Crippen molar-refractivity contribution < 1.29 is 4.79 Å². The molecule has 0 bridgehead atoms. The zero-order valence-corrected chi connectivity index (χ0v) is 16.0. The van der Waals surface area contributed by atoms with Crippen molar-refractivity contribution in [3.05, 3.63) is 83.4 Å². The SMILES string of the molecule is CC(NC(=O)CSCc1cccc(Cl)c1)c1ccc(-n2ccnc2)cc1. The molecule has 26 heavy (non-hydrogen) atoms. The highest BCUT2D eigenvalue weighted by Crippen LogP contribution is 2.18. The minimum Gasteiger partial charge on any atom is -0.349 e. The third kappa shape index (κ3) is 5.13. The lowest BCUT2D eigenvalue weighted by Gasteiger charge is -2.15. The summed E-state index contributed by atoms with van der Waals surface area (Å²) in [5.74, 6) is 1.22. The number of halogens is 1. The van der Waals surface area contributed by atoms with Gasteiger partial charge in [0.1, 0.15) is 0 Å². The molecule has 6 heteroatoms. The highest BCUT2D eigenvalue weighted by atomic mass is 35.5. The van der Waals surface area contributed by atoms with Gasteiger partial charge in [-0.1, -0.05) is 35.9 Å². The van der Waals surface area contributed by atoms with Crippen molar-refractivity contribution in [2.45, 2.75) is 18.7 Å². The standard InChI is InChI=1S/C20H20ClN3OS/c1-15(17-5-7-19(8-6-17)24-10-9-22-14-24)23-20(25)13-26-12-16-3-2-4-18(21)11-16/h2-11,14-15H,12-13H2,1H3,(H,23,25). The molecule has 4 nitrogen and oxygen atoms in total. The van der Waals surface area contributed by atoms with Gasteiger partial charge < -0.3 is 9.88 Å². The Labute approximate surface area is 162 Å². The Hall–Kier alpha value is -2.24. The van der Waals surface area contributed by atoms with E-state index in [9.17, 15) is 4.79 Å². The number of carbonyl (C=O) groups excluding carboxylic acids is 1. The number of hydrogen-bond donors (Lipinski definition) is 1. The fourth-order valence-corrected chi connectivity index (χ4v) is 3.60. The molecule has 1 atom stereocenters. The van der Waals surface area contributed by atoms with Crippen LogP contribution in [0.4, 0.5) is 0 Å². The van der Waals surface area contributed by atoms with E-state index in [2.05, 4.69) is 10.3 Å². The van der Waals surface area contributed by atoms with Crippen molar-refractivity contribution in [1.29, 1.82) is 0 Å². The first-order valence-corrected chi connectivity index (χ1v) is 9.85. The van der Waals surface area contributed by atoms with Crippen molar-refractivity contribution in [3.63, 3.8) is 0 Å². The molecule has 0 aliphatic heterocycles. The first-order valence-electron chi connectivity index (χ1n) is 8.31. The number of amides is 1. The van der Waals surface area contributed by atoms with Gasteiger partial charge in [-0.3, -0.25) is 4.79 Å². The molecular formula is C20H20ClN3OS. The molecule has 2 aromatic carbocycles. The molecule has 0 aliphatic rings. The fraction of sp³-hybridized carbons (Fsp3) is 0.200. The van der Waals surface area contributed by atoms with Gasteiger partial charge in [-0.25, -0.2) is 4.98 Å². The Balaban J connectivity index is 1.47. The Morgan fingerprint density at radius 1 is 1.27 bits per heavy atom. The van der Waals surface area contributed by atoms with Crippen LogP contribution in [0, 0.1) is 0 Å². The summed E-state index contributed by atoms with van der Waals surface area (Å²) in [7, 11) is 0. The predicted molar refractivity (Wildman–Crippen MR) is 108 cm³/mol. The van der Waals surface area contributed by atoms with Crippen LogP contribution in [0.3, 0.4) is 0 Å². The van der Waals surface area contributed by atoms with Crippen LogP contribution in [0.2, 0.25) is 5.02 Å². The number of aromatic nitrogens is 2. The molecule has 1 N–H and O–H groups in total. The number of thioether (sulfide) groups is 1. The number of nitrogens with zero attached hydrogens (tertiary/aromatic N) is 2. The van der Waals surface area contributed by atoms with E-state index < -0.39 is 0 Å². The number of rotatable bonds is 7. The molecule has 3 rings (SSSR count). The number of benzene rings is 2. The number of carbonyl (C=O) groups is 1. The zero-order valence-electron chi connectivity index (χ0n) is 14.4. The van der Waals surface area contributed by atoms with Crippen molar-refractivity contribution in [2.24, 2.45) is 0 Å². The summed E-state index contributed by atoms with van der Waals surface area (Å²) >= 11 is 7.55. The summed E-state index contributed by atoms with van der Waals surface area (Å²) in [5, 5.41) is 3.77. The highest BCUT2D eigenvalue weighted by molar-refractivity contribution is 7.99. The smallest absolute Gasteiger partial charge is 0.230 e. The van der Waals surface area contributed by atoms with E-state index in [-0.39, 0.29) is 11.9 Å². The Bertz CT molecular complexity index is 850. The van der Waals surface area contributed by atoms with Gasteiger partial charge in [0.15, 0.2) is 0 Å². The van der Waals surface area contributed by atoms with Crippen molar-refractivity contribution in [2.75, 3.05) is 5.75 Å². The molecule has 0 saturated carbocycles. The van der Waals surface area contributed by atoms with E-state index in [1.165, 1.54) is 0 Å². The van der Waals surface area contributed by atoms with Crippen molar-refractivity contribution in [3.8, 4) is 5.69 Å². The molecule has 1 aromatic heterocycles. The lowest BCUT2D eigenvalue weighted by atomic mass is 10.1. The van der Waals surface area contributed by atoms with Crippen molar-refractivity contribution in [1.82, 2.24) is 14.9 Å². The van der Waals surface area contributed by atoms with Gasteiger partial charge in [-0.15, -0.1) is 11.8 Å². The minimum atomic E-state index is -0.0360. The Kier molecular flexibility index (Phi) is 6.36. The lowest BCUT2D eigenvalue weighted by Crippen LogP contribution is -2.28. The van der Waals surface area contributed by atoms with Crippen LogP contribution < -0.4 is 5.32 Å². The van der Waals surface area contributed by atoms with Gasteiger partial charge in [-0.2, -0.15) is 0 Å². The third-order valence-electron chi connectivity index (χ3n) is 3.96. The molecule has 0 fully saturated rings. The second kappa shape index (κ2) is 8.92. The van der Waals surface area contributed by atoms with Gasteiger partial charge in [0.05, 0.1) is 18.1 Å².